The Kier molecular flexibility index (Phi) is 1.70. The highest BCUT2D eigenvalue weighted by Crippen LogP contribution is 2.63. The molecule has 0 aliphatic heterocycles. The molecule has 2 heteroatoms. The maximum Gasteiger partial charge on any atom is 0.307 e. The zero-order chi connectivity index (χ0) is 10.5. The van der Waals surface area contributed by atoms with Gasteiger partial charge in [-0.2, -0.15) is 0 Å². The third-order valence-corrected chi connectivity index (χ3v) is 4.19. The van der Waals surface area contributed by atoms with Gasteiger partial charge in [0.25, 0.3) is 0 Å². The minimum absolute atomic E-state index is 0.0300. The van der Waals surface area contributed by atoms with Crippen LogP contribution in [0.25, 0.3) is 0 Å². The molecule has 1 N–H and O–H groups in total. The molecular formula is C13H14O2. The molecule has 2 bridgehead atoms. The lowest BCUT2D eigenvalue weighted by molar-refractivity contribution is -0.143. The Hall–Kier alpha value is -1.31. The van der Waals surface area contributed by atoms with E-state index < -0.39 is 5.97 Å². The highest BCUT2D eigenvalue weighted by molar-refractivity contribution is 5.74. The molecule has 78 valence electrons. The molecule has 3 aliphatic carbocycles. The van der Waals surface area contributed by atoms with Gasteiger partial charge >= 0.3 is 5.97 Å². The molecule has 0 radical (unpaired) electrons. The van der Waals surface area contributed by atoms with E-state index in [2.05, 4.69) is 12.1 Å². The lowest BCUT2D eigenvalue weighted by atomic mass is 9.62. The monoisotopic (exact) mass is 202 g/mol. The topological polar surface area (TPSA) is 37.3 Å². The summed E-state index contributed by atoms with van der Waals surface area (Å²) in [7, 11) is 0. The second-order valence-electron chi connectivity index (χ2n) is 4.92. The van der Waals surface area contributed by atoms with Gasteiger partial charge in [-0.15, -0.1) is 0 Å². The summed E-state index contributed by atoms with van der Waals surface area (Å²) < 4.78 is 0. The zero-order valence-electron chi connectivity index (χ0n) is 8.52. The van der Waals surface area contributed by atoms with Gasteiger partial charge in [-0.05, 0) is 30.7 Å². The zero-order valence-corrected chi connectivity index (χ0v) is 8.52. The lowest BCUT2D eigenvalue weighted by Gasteiger charge is -2.41. The predicted molar refractivity (Wildman–Crippen MR) is 56.6 cm³/mol. The fourth-order valence-corrected chi connectivity index (χ4v) is 3.52. The van der Waals surface area contributed by atoms with Gasteiger partial charge in [0, 0.05) is 5.41 Å². The van der Waals surface area contributed by atoms with Gasteiger partial charge in [0.05, 0.1) is 5.92 Å². The van der Waals surface area contributed by atoms with Gasteiger partial charge in [0.2, 0.25) is 0 Å². The number of hydrogen-bond donors (Lipinski definition) is 1. The molecule has 1 aromatic carbocycles. The first-order valence-corrected chi connectivity index (χ1v) is 5.51. The summed E-state index contributed by atoms with van der Waals surface area (Å²) in [5, 5.41) is 9.24. The molecule has 1 atom stereocenters. The van der Waals surface area contributed by atoms with Crippen molar-refractivity contribution in [1.82, 2.24) is 0 Å². The molecule has 3 aliphatic rings. The fourth-order valence-electron chi connectivity index (χ4n) is 3.52. The Morgan fingerprint density at radius 1 is 1.27 bits per heavy atom. The summed E-state index contributed by atoms with van der Waals surface area (Å²) in [6, 6.07) is 10.2. The summed E-state index contributed by atoms with van der Waals surface area (Å²) >= 11 is 0. The molecule has 3 fully saturated rings. The minimum atomic E-state index is -0.612. The Morgan fingerprint density at radius 2 is 1.93 bits per heavy atom. The summed E-state index contributed by atoms with van der Waals surface area (Å²) in [6.07, 6.45) is 3.03. The molecular weight excluding hydrogens is 188 g/mol. The van der Waals surface area contributed by atoms with E-state index in [1.54, 1.807) is 0 Å². The number of aliphatic carboxylic acids is 1. The van der Waals surface area contributed by atoms with Crippen LogP contribution in [-0.4, -0.2) is 11.1 Å². The van der Waals surface area contributed by atoms with Gasteiger partial charge in [0.1, 0.15) is 0 Å². The van der Waals surface area contributed by atoms with Crippen molar-refractivity contribution < 1.29 is 9.90 Å². The molecule has 0 saturated heterocycles. The number of hydrogen-bond acceptors (Lipinski definition) is 1. The van der Waals surface area contributed by atoms with Crippen molar-refractivity contribution in [3.8, 4) is 0 Å². The number of carbonyl (C=O) groups is 1. The first-order valence-electron chi connectivity index (χ1n) is 5.51. The maximum atomic E-state index is 11.2. The molecule has 1 unspecified atom stereocenters. The van der Waals surface area contributed by atoms with Crippen LogP contribution in [0.4, 0.5) is 0 Å². The van der Waals surface area contributed by atoms with Crippen LogP contribution in [-0.2, 0) is 10.2 Å². The van der Waals surface area contributed by atoms with Crippen molar-refractivity contribution in [3.63, 3.8) is 0 Å². The Bertz CT molecular complexity index is 390. The quantitative estimate of drug-likeness (QED) is 0.799. The fraction of sp³-hybridized carbons (Fsp3) is 0.462. The van der Waals surface area contributed by atoms with Crippen LogP contribution in [0.3, 0.4) is 0 Å². The summed E-state index contributed by atoms with van der Waals surface area (Å²) in [5.41, 5.74) is 1.20. The Balaban J connectivity index is 2.01. The van der Waals surface area contributed by atoms with Gasteiger partial charge < -0.3 is 5.11 Å². The molecule has 3 saturated carbocycles. The molecule has 1 aromatic rings. The number of rotatable bonds is 2. The van der Waals surface area contributed by atoms with E-state index in [0.29, 0.717) is 5.92 Å². The predicted octanol–water partition coefficient (Wildman–Crippen LogP) is 2.44. The van der Waals surface area contributed by atoms with Crippen molar-refractivity contribution in [2.45, 2.75) is 24.7 Å². The van der Waals surface area contributed by atoms with Crippen molar-refractivity contribution in [3.05, 3.63) is 35.9 Å². The van der Waals surface area contributed by atoms with E-state index >= 15 is 0 Å². The van der Waals surface area contributed by atoms with Crippen LogP contribution >= 0.6 is 0 Å². The average molecular weight is 202 g/mol. The van der Waals surface area contributed by atoms with Crippen LogP contribution in [0.5, 0.6) is 0 Å². The smallest absolute Gasteiger partial charge is 0.307 e. The number of benzene rings is 1. The SMILES string of the molecule is O=C(O)C1CC2CC1(c1ccccc1)C2. The molecule has 4 rings (SSSR count). The van der Waals surface area contributed by atoms with E-state index in [0.717, 1.165) is 19.3 Å². The minimum Gasteiger partial charge on any atom is -0.481 e. The van der Waals surface area contributed by atoms with Crippen LogP contribution in [0, 0.1) is 11.8 Å². The van der Waals surface area contributed by atoms with Crippen LogP contribution in [0.15, 0.2) is 30.3 Å². The summed E-state index contributed by atoms with van der Waals surface area (Å²) in [6.45, 7) is 0. The second-order valence-corrected chi connectivity index (χ2v) is 4.92. The van der Waals surface area contributed by atoms with Crippen molar-refractivity contribution in [2.24, 2.45) is 11.8 Å². The Morgan fingerprint density at radius 3 is 2.53 bits per heavy atom. The highest BCUT2D eigenvalue weighted by atomic mass is 16.4. The van der Waals surface area contributed by atoms with Gasteiger partial charge in [-0.1, -0.05) is 30.3 Å². The van der Waals surface area contributed by atoms with E-state index in [1.165, 1.54) is 5.56 Å². The van der Waals surface area contributed by atoms with E-state index in [1.807, 2.05) is 18.2 Å². The van der Waals surface area contributed by atoms with Crippen LogP contribution in [0.1, 0.15) is 24.8 Å². The van der Waals surface area contributed by atoms with E-state index in [-0.39, 0.29) is 11.3 Å². The maximum absolute atomic E-state index is 11.2. The Labute approximate surface area is 88.9 Å². The largest absolute Gasteiger partial charge is 0.481 e. The van der Waals surface area contributed by atoms with Gasteiger partial charge in [-0.3, -0.25) is 4.79 Å². The molecule has 0 amide bonds. The van der Waals surface area contributed by atoms with Crippen molar-refractivity contribution in [2.75, 3.05) is 0 Å². The molecule has 15 heavy (non-hydrogen) atoms. The first kappa shape index (κ1) is 8.96. The molecule has 0 spiro atoms. The van der Waals surface area contributed by atoms with Gasteiger partial charge in [-0.25, -0.2) is 0 Å². The van der Waals surface area contributed by atoms with E-state index in [4.69, 9.17) is 0 Å². The second kappa shape index (κ2) is 2.84. The first-order chi connectivity index (χ1) is 7.22. The van der Waals surface area contributed by atoms with Crippen LogP contribution in [0.2, 0.25) is 0 Å². The number of carboxylic acids is 1. The highest BCUT2D eigenvalue weighted by Gasteiger charge is 2.60. The summed E-state index contributed by atoms with van der Waals surface area (Å²) in [5.74, 6) is -0.102. The van der Waals surface area contributed by atoms with Crippen LogP contribution < -0.4 is 0 Å². The number of carboxylic acid groups (broad SMARTS) is 1. The normalized spacial score (nSPS) is 37.3. The molecule has 0 aromatic heterocycles. The molecule has 0 heterocycles. The van der Waals surface area contributed by atoms with E-state index in [9.17, 15) is 9.90 Å². The third-order valence-electron chi connectivity index (χ3n) is 4.19. The molecule has 2 nitrogen and oxygen atoms in total. The van der Waals surface area contributed by atoms with Crippen molar-refractivity contribution >= 4 is 5.97 Å². The van der Waals surface area contributed by atoms with Gasteiger partial charge in [0.15, 0.2) is 0 Å². The lowest BCUT2D eigenvalue weighted by Crippen LogP contribution is -2.39. The summed E-state index contributed by atoms with van der Waals surface area (Å²) in [4.78, 5) is 11.2. The standard InChI is InChI=1S/C13H14O2/c14-12(15)11-6-9-7-13(11,8-9)10-4-2-1-3-5-10/h1-5,9,11H,6-8H2,(H,14,15). The third kappa shape index (κ3) is 1.08. The number of fused-ring (bicyclic) bond motifs is 1. The van der Waals surface area contributed by atoms with Crippen molar-refractivity contribution in [1.29, 1.82) is 0 Å². The average Bonchev–Trinajstić information content (AvgIpc) is 2.73.